The van der Waals surface area contributed by atoms with E-state index < -0.39 is 0 Å². The molecule has 0 radical (unpaired) electrons. The normalized spacial score (nSPS) is 18.9. The molecule has 0 spiro atoms. The van der Waals surface area contributed by atoms with E-state index in [9.17, 15) is 0 Å². The zero-order valence-electron chi connectivity index (χ0n) is 10.8. The Balaban J connectivity index is 2.01. The Kier molecular flexibility index (Phi) is 2.89. The SMILES string of the molecule is CN(C)C1CNCc2[nH]c(-c3ccccc3)nc21. The average Bonchev–Trinajstić information content (AvgIpc) is 2.83. The lowest BCUT2D eigenvalue weighted by molar-refractivity contribution is 0.270. The van der Waals surface area contributed by atoms with Crippen LogP contribution in [-0.2, 0) is 6.54 Å². The predicted molar refractivity (Wildman–Crippen MR) is 72.2 cm³/mol. The summed E-state index contributed by atoms with van der Waals surface area (Å²) in [6, 6.07) is 10.6. The monoisotopic (exact) mass is 242 g/mol. The van der Waals surface area contributed by atoms with Gasteiger partial charge in [-0.1, -0.05) is 30.3 Å². The minimum Gasteiger partial charge on any atom is -0.340 e. The summed E-state index contributed by atoms with van der Waals surface area (Å²) in [4.78, 5) is 10.4. The number of likely N-dealkylation sites (N-methyl/N-ethyl adjacent to an activating group) is 1. The van der Waals surface area contributed by atoms with Gasteiger partial charge in [0.1, 0.15) is 5.82 Å². The minimum atomic E-state index is 0.350. The number of fused-ring (bicyclic) bond motifs is 1. The molecule has 0 saturated carbocycles. The maximum atomic E-state index is 4.79. The van der Waals surface area contributed by atoms with E-state index in [1.165, 1.54) is 11.4 Å². The molecule has 3 rings (SSSR count). The van der Waals surface area contributed by atoms with Gasteiger partial charge in [0.15, 0.2) is 0 Å². The van der Waals surface area contributed by atoms with Crippen molar-refractivity contribution in [3.63, 3.8) is 0 Å². The van der Waals surface area contributed by atoms with Gasteiger partial charge in [0.05, 0.1) is 17.4 Å². The Morgan fingerprint density at radius 2 is 2.00 bits per heavy atom. The third kappa shape index (κ3) is 1.94. The summed E-state index contributed by atoms with van der Waals surface area (Å²) < 4.78 is 0. The highest BCUT2D eigenvalue weighted by Crippen LogP contribution is 2.26. The van der Waals surface area contributed by atoms with Crippen LogP contribution in [0.2, 0.25) is 0 Å². The van der Waals surface area contributed by atoms with Gasteiger partial charge < -0.3 is 10.3 Å². The Morgan fingerprint density at radius 3 is 2.72 bits per heavy atom. The average molecular weight is 242 g/mol. The number of aromatic amines is 1. The first-order valence-electron chi connectivity index (χ1n) is 6.27. The molecule has 0 amide bonds. The van der Waals surface area contributed by atoms with Crippen molar-refractivity contribution in [3.8, 4) is 11.4 Å². The van der Waals surface area contributed by atoms with E-state index in [1.54, 1.807) is 0 Å². The van der Waals surface area contributed by atoms with E-state index in [-0.39, 0.29) is 0 Å². The number of hydrogen-bond acceptors (Lipinski definition) is 3. The van der Waals surface area contributed by atoms with Gasteiger partial charge in [-0.2, -0.15) is 0 Å². The first-order chi connectivity index (χ1) is 8.75. The van der Waals surface area contributed by atoms with E-state index in [0.717, 1.165) is 24.5 Å². The molecule has 1 unspecified atom stereocenters. The van der Waals surface area contributed by atoms with Crippen molar-refractivity contribution in [2.24, 2.45) is 0 Å². The molecule has 0 aliphatic carbocycles. The van der Waals surface area contributed by atoms with Crippen LogP contribution in [0, 0.1) is 0 Å². The predicted octanol–water partition coefficient (Wildman–Crippen LogP) is 1.78. The summed E-state index contributed by atoms with van der Waals surface area (Å²) in [6.45, 7) is 1.83. The number of hydrogen-bond donors (Lipinski definition) is 2. The second-order valence-corrected chi connectivity index (χ2v) is 4.93. The molecule has 1 aromatic heterocycles. The van der Waals surface area contributed by atoms with Crippen molar-refractivity contribution >= 4 is 0 Å². The molecule has 1 aromatic carbocycles. The fourth-order valence-corrected chi connectivity index (χ4v) is 2.42. The lowest BCUT2D eigenvalue weighted by Crippen LogP contribution is -2.35. The fourth-order valence-electron chi connectivity index (χ4n) is 2.42. The zero-order valence-corrected chi connectivity index (χ0v) is 10.8. The second-order valence-electron chi connectivity index (χ2n) is 4.93. The van der Waals surface area contributed by atoms with Gasteiger partial charge in [-0.15, -0.1) is 0 Å². The van der Waals surface area contributed by atoms with E-state index >= 15 is 0 Å². The first-order valence-corrected chi connectivity index (χ1v) is 6.27. The van der Waals surface area contributed by atoms with Crippen LogP contribution in [-0.4, -0.2) is 35.5 Å². The van der Waals surface area contributed by atoms with Gasteiger partial charge in [-0.3, -0.25) is 4.90 Å². The van der Waals surface area contributed by atoms with Crippen molar-refractivity contribution in [2.75, 3.05) is 20.6 Å². The summed E-state index contributed by atoms with van der Waals surface area (Å²) in [5, 5.41) is 3.42. The summed E-state index contributed by atoms with van der Waals surface area (Å²) >= 11 is 0. The highest BCUT2D eigenvalue weighted by Gasteiger charge is 2.25. The van der Waals surface area contributed by atoms with Crippen LogP contribution >= 0.6 is 0 Å². The molecule has 94 valence electrons. The van der Waals surface area contributed by atoms with E-state index in [2.05, 4.69) is 41.4 Å². The molecule has 18 heavy (non-hydrogen) atoms. The van der Waals surface area contributed by atoms with Crippen LogP contribution in [0.4, 0.5) is 0 Å². The molecule has 1 aliphatic heterocycles. The van der Waals surface area contributed by atoms with Crippen molar-refractivity contribution in [1.82, 2.24) is 20.2 Å². The third-order valence-electron chi connectivity index (χ3n) is 3.44. The van der Waals surface area contributed by atoms with Crippen LogP contribution in [0.5, 0.6) is 0 Å². The zero-order chi connectivity index (χ0) is 12.5. The van der Waals surface area contributed by atoms with Crippen LogP contribution in [0.15, 0.2) is 30.3 Å². The molecule has 1 atom stereocenters. The fraction of sp³-hybridized carbons (Fsp3) is 0.357. The Bertz CT molecular complexity index is 530. The van der Waals surface area contributed by atoms with E-state index in [4.69, 9.17) is 4.98 Å². The van der Waals surface area contributed by atoms with Gasteiger partial charge in [0.2, 0.25) is 0 Å². The lowest BCUT2D eigenvalue weighted by Gasteiger charge is -2.27. The number of aromatic nitrogens is 2. The number of nitrogens with zero attached hydrogens (tertiary/aromatic N) is 2. The molecule has 0 bridgehead atoms. The molecule has 2 aromatic rings. The molecule has 0 saturated heterocycles. The van der Waals surface area contributed by atoms with Crippen molar-refractivity contribution in [3.05, 3.63) is 41.7 Å². The smallest absolute Gasteiger partial charge is 0.137 e. The van der Waals surface area contributed by atoms with Crippen LogP contribution < -0.4 is 5.32 Å². The first kappa shape index (κ1) is 11.4. The van der Waals surface area contributed by atoms with E-state index in [0.29, 0.717) is 6.04 Å². The van der Waals surface area contributed by atoms with Gasteiger partial charge in [-0.05, 0) is 14.1 Å². The Hall–Kier alpha value is -1.65. The maximum absolute atomic E-state index is 4.79. The van der Waals surface area contributed by atoms with E-state index in [1.807, 2.05) is 18.2 Å². The van der Waals surface area contributed by atoms with Crippen molar-refractivity contribution in [1.29, 1.82) is 0 Å². The Labute approximate surface area is 107 Å². The van der Waals surface area contributed by atoms with Crippen LogP contribution in [0.3, 0.4) is 0 Å². The van der Waals surface area contributed by atoms with Crippen molar-refractivity contribution in [2.45, 2.75) is 12.6 Å². The highest BCUT2D eigenvalue weighted by molar-refractivity contribution is 5.56. The number of H-pyrrole nitrogens is 1. The van der Waals surface area contributed by atoms with Crippen LogP contribution in [0.1, 0.15) is 17.4 Å². The van der Waals surface area contributed by atoms with Crippen molar-refractivity contribution < 1.29 is 0 Å². The number of nitrogens with one attached hydrogen (secondary N) is 2. The summed E-state index contributed by atoms with van der Waals surface area (Å²) in [5.41, 5.74) is 3.53. The van der Waals surface area contributed by atoms with Gasteiger partial charge in [0.25, 0.3) is 0 Å². The molecule has 0 fully saturated rings. The minimum absolute atomic E-state index is 0.350. The number of rotatable bonds is 2. The van der Waals surface area contributed by atoms with Gasteiger partial charge >= 0.3 is 0 Å². The molecule has 4 nitrogen and oxygen atoms in total. The summed E-state index contributed by atoms with van der Waals surface area (Å²) in [7, 11) is 4.19. The number of imidazole rings is 1. The summed E-state index contributed by atoms with van der Waals surface area (Å²) in [6.07, 6.45) is 0. The van der Waals surface area contributed by atoms with Gasteiger partial charge in [-0.25, -0.2) is 4.98 Å². The largest absolute Gasteiger partial charge is 0.340 e. The summed E-state index contributed by atoms with van der Waals surface area (Å²) in [5.74, 6) is 0.969. The topological polar surface area (TPSA) is 44.0 Å². The lowest BCUT2D eigenvalue weighted by atomic mass is 10.1. The van der Waals surface area contributed by atoms with Crippen LogP contribution in [0.25, 0.3) is 11.4 Å². The Morgan fingerprint density at radius 1 is 1.22 bits per heavy atom. The highest BCUT2D eigenvalue weighted by atomic mass is 15.2. The third-order valence-corrected chi connectivity index (χ3v) is 3.44. The molecule has 1 aliphatic rings. The quantitative estimate of drug-likeness (QED) is 0.843. The molecular weight excluding hydrogens is 224 g/mol. The van der Waals surface area contributed by atoms with Gasteiger partial charge in [0, 0.05) is 18.7 Å². The standard InChI is InChI=1S/C14H18N4/c1-18(2)12-9-15-8-11-13(12)17-14(16-11)10-6-4-3-5-7-10/h3-7,12,15H,8-9H2,1-2H3,(H,16,17). The molecule has 2 N–H and O–H groups in total. The number of benzene rings is 1. The second kappa shape index (κ2) is 4.55. The molecule has 2 heterocycles. The molecule has 4 heteroatoms. The molecular formula is C14H18N4. The maximum Gasteiger partial charge on any atom is 0.137 e.